The van der Waals surface area contributed by atoms with Crippen LogP contribution in [0.25, 0.3) is 0 Å². The summed E-state index contributed by atoms with van der Waals surface area (Å²) in [6.45, 7) is 5.32. The molecule has 1 aliphatic heterocycles. The number of piperidine rings is 1. The highest BCUT2D eigenvalue weighted by Crippen LogP contribution is 2.18. The molecule has 1 unspecified atom stereocenters. The minimum Gasteiger partial charge on any atom is -0.329 e. The van der Waals surface area contributed by atoms with Crippen molar-refractivity contribution in [3.05, 3.63) is 22.4 Å². The first-order valence-corrected chi connectivity index (χ1v) is 7.32. The van der Waals surface area contributed by atoms with Crippen LogP contribution in [0.2, 0.25) is 0 Å². The molecule has 1 aliphatic rings. The molecule has 1 saturated heterocycles. The lowest BCUT2D eigenvalue weighted by Gasteiger charge is -2.37. The summed E-state index contributed by atoms with van der Waals surface area (Å²) in [4.78, 5) is 6.47. The van der Waals surface area contributed by atoms with Crippen molar-refractivity contribution in [1.82, 2.24) is 9.80 Å². The van der Waals surface area contributed by atoms with Crippen molar-refractivity contribution in [3.63, 3.8) is 0 Å². The summed E-state index contributed by atoms with van der Waals surface area (Å²) in [6, 6.07) is 5.06. The first kappa shape index (κ1) is 13.0. The van der Waals surface area contributed by atoms with Crippen LogP contribution in [0.1, 0.15) is 17.7 Å². The Hall–Kier alpha value is -0.420. The fourth-order valence-corrected chi connectivity index (χ4v) is 3.29. The van der Waals surface area contributed by atoms with Crippen LogP contribution in [0.15, 0.2) is 17.5 Å². The van der Waals surface area contributed by atoms with Gasteiger partial charge in [-0.15, -0.1) is 11.3 Å². The maximum atomic E-state index is 5.63. The molecule has 1 aromatic heterocycles. The van der Waals surface area contributed by atoms with Crippen molar-refractivity contribution < 1.29 is 0 Å². The van der Waals surface area contributed by atoms with Crippen LogP contribution in [0.3, 0.4) is 0 Å². The molecule has 0 saturated carbocycles. The van der Waals surface area contributed by atoms with E-state index in [1.54, 1.807) is 0 Å². The minimum atomic E-state index is 0.687. The molecule has 0 amide bonds. The zero-order chi connectivity index (χ0) is 12.1. The van der Waals surface area contributed by atoms with Crippen molar-refractivity contribution >= 4 is 11.3 Å². The van der Waals surface area contributed by atoms with Crippen LogP contribution in [-0.4, -0.2) is 49.1 Å². The SMILES string of the molecule is CN(CCN)C1CCCN(Cc2cccs2)C1. The molecular formula is C13H23N3S. The second kappa shape index (κ2) is 6.50. The summed E-state index contributed by atoms with van der Waals surface area (Å²) in [6.07, 6.45) is 2.63. The van der Waals surface area contributed by atoms with Gasteiger partial charge in [-0.1, -0.05) is 6.07 Å². The highest BCUT2D eigenvalue weighted by molar-refractivity contribution is 7.09. The number of nitrogens with two attached hydrogens (primary N) is 1. The molecule has 0 aromatic carbocycles. The molecule has 2 heterocycles. The maximum Gasteiger partial charge on any atom is 0.0328 e. The predicted octanol–water partition coefficient (Wildman–Crippen LogP) is 1.60. The van der Waals surface area contributed by atoms with Gasteiger partial charge in [0, 0.05) is 37.1 Å². The Morgan fingerprint density at radius 1 is 1.59 bits per heavy atom. The average Bonchev–Trinajstić information content (AvgIpc) is 2.82. The molecule has 3 nitrogen and oxygen atoms in total. The van der Waals surface area contributed by atoms with Crippen molar-refractivity contribution in [2.75, 3.05) is 33.2 Å². The van der Waals surface area contributed by atoms with E-state index in [-0.39, 0.29) is 0 Å². The van der Waals surface area contributed by atoms with Crippen LogP contribution in [0.4, 0.5) is 0 Å². The van der Waals surface area contributed by atoms with Crippen LogP contribution in [0, 0.1) is 0 Å². The lowest BCUT2D eigenvalue weighted by molar-refractivity contribution is 0.114. The third kappa shape index (κ3) is 3.78. The van der Waals surface area contributed by atoms with Crippen LogP contribution < -0.4 is 5.73 Å². The number of rotatable bonds is 5. The second-order valence-electron chi connectivity index (χ2n) is 4.88. The van der Waals surface area contributed by atoms with Crippen molar-refractivity contribution in [2.24, 2.45) is 5.73 Å². The topological polar surface area (TPSA) is 32.5 Å². The molecule has 0 bridgehead atoms. The number of nitrogens with zero attached hydrogens (tertiary/aromatic N) is 2. The third-order valence-electron chi connectivity index (χ3n) is 3.55. The summed E-state index contributed by atoms with van der Waals surface area (Å²) in [5.41, 5.74) is 5.63. The predicted molar refractivity (Wildman–Crippen MR) is 74.3 cm³/mol. The molecule has 0 radical (unpaired) electrons. The number of likely N-dealkylation sites (tertiary alicyclic amines) is 1. The van der Waals surface area contributed by atoms with Gasteiger partial charge in [-0.3, -0.25) is 4.90 Å². The molecule has 1 fully saturated rings. The summed E-state index contributed by atoms with van der Waals surface area (Å²) >= 11 is 1.86. The first-order chi connectivity index (χ1) is 8.29. The van der Waals surface area contributed by atoms with Crippen LogP contribution >= 0.6 is 11.3 Å². The molecule has 2 N–H and O–H groups in total. The summed E-state index contributed by atoms with van der Waals surface area (Å²) in [5, 5.41) is 2.16. The van der Waals surface area contributed by atoms with Gasteiger partial charge in [-0.2, -0.15) is 0 Å². The maximum absolute atomic E-state index is 5.63. The second-order valence-corrected chi connectivity index (χ2v) is 5.91. The number of hydrogen-bond acceptors (Lipinski definition) is 4. The standard InChI is InChI=1S/C13H23N3S/c1-15(8-6-14)12-4-2-7-16(10-12)11-13-5-3-9-17-13/h3,5,9,12H,2,4,6-8,10-11,14H2,1H3. The van der Waals surface area contributed by atoms with Crippen molar-refractivity contribution in [1.29, 1.82) is 0 Å². The van der Waals surface area contributed by atoms with E-state index >= 15 is 0 Å². The first-order valence-electron chi connectivity index (χ1n) is 6.44. The highest BCUT2D eigenvalue weighted by Gasteiger charge is 2.22. The average molecular weight is 253 g/mol. The largest absolute Gasteiger partial charge is 0.329 e. The van der Waals surface area contributed by atoms with E-state index in [0.29, 0.717) is 6.04 Å². The molecule has 2 rings (SSSR count). The molecular weight excluding hydrogens is 230 g/mol. The smallest absolute Gasteiger partial charge is 0.0328 e. The number of likely N-dealkylation sites (N-methyl/N-ethyl adjacent to an activating group) is 1. The Bertz CT molecular complexity index is 312. The van der Waals surface area contributed by atoms with Gasteiger partial charge in [0.15, 0.2) is 0 Å². The zero-order valence-electron chi connectivity index (χ0n) is 10.6. The molecule has 4 heteroatoms. The zero-order valence-corrected chi connectivity index (χ0v) is 11.5. The molecule has 0 spiro atoms. The van der Waals surface area contributed by atoms with Gasteiger partial charge in [0.05, 0.1) is 0 Å². The van der Waals surface area contributed by atoms with Crippen LogP contribution in [0.5, 0.6) is 0 Å². The fraction of sp³-hybridized carbons (Fsp3) is 0.692. The number of thiophene rings is 1. The van der Waals surface area contributed by atoms with Crippen LogP contribution in [-0.2, 0) is 6.54 Å². The lowest BCUT2D eigenvalue weighted by Crippen LogP contribution is -2.47. The van der Waals surface area contributed by atoms with Gasteiger partial charge in [0.25, 0.3) is 0 Å². The Kier molecular flexibility index (Phi) is 4.98. The van der Waals surface area contributed by atoms with E-state index in [1.165, 1.54) is 30.8 Å². The monoisotopic (exact) mass is 253 g/mol. The Labute approximate surface area is 108 Å². The van der Waals surface area contributed by atoms with Gasteiger partial charge in [-0.25, -0.2) is 0 Å². The summed E-state index contributed by atoms with van der Waals surface area (Å²) < 4.78 is 0. The summed E-state index contributed by atoms with van der Waals surface area (Å²) in [7, 11) is 2.20. The van der Waals surface area contributed by atoms with E-state index in [4.69, 9.17) is 5.73 Å². The quantitative estimate of drug-likeness (QED) is 0.865. The normalized spacial score (nSPS) is 22.2. The molecule has 96 valence electrons. The van der Waals surface area contributed by atoms with Gasteiger partial charge < -0.3 is 10.6 Å². The Morgan fingerprint density at radius 2 is 2.47 bits per heavy atom. The van der Waals surface area contributed by atoms with Crippen molar-refractivity contribution in [2.45, 2.75) is 25.4 Å². The molecule has 1 atom stereocenters. The van der Waals surface area contributed by atoms with Gasteiger partial charge >= 0.3 is 0 Å². The lowest BCUT2D eigenvalue weighted by atomic mass is 10.0. The Morgan fingerprint density at radius 3 is 3.18 bits per heavy atom. The van der Waals surface area contributed by atoms with E-state index in [0.717, 1.165) is 19.6 Å². The van der Waals surface area contributed by atoms with E-state index < -0.39 is 0 Å². The van der Waals surface area contributed by atoms with Gasteiger partial charge in [-0.05, 0) is 37.9 Å². The third-order valence-corrected chi connectivity index (χ3v) is 4.41. The van der Waals surface area contributed by atoms with Crippen molar-refractivity contribution in [3.8, 4) is 0 Å². The van der Waals surface area contributed by atoms with E-state index in [2.05, 4.69) is 34.4 Å². The summed E-state index contributed by atoms with van der Waals surface area (Å²) in [5.74, 6) is 0. The molecule has 1 aromatic rings. The highest BCUT2D eigenvalue weighted by atomic mass is 32.1. The van der Waals surface area contributed by atoms with Gasteiger partial charge in [0.1, 0.15) is 0 Å². The Balaban J connectivity index is 1.84. The molecule has 0 aliphatic carbocycles. The number of hydrogen-bond donors (Lipinski definition) is 1. The minimum absolute atomic E-state index is 0.687. The van der Waals surface area contributed by atoms with E-state index in [9.17, 15) is 0 Å². The van der Waals surface area contributed by atoms with Gasteiger partial charge in [0.2, 0.25) is 0 Å². The fourth-order valence-electron chi connectivity index (χ4n) is 2.54. The molecule has 17 heavy (non-hydrogen) atoms. The van der Waals surface area contributed by atoms with E-state index in [1.807, 2.05) is 11.3 Å².